The average molecular weight is 277 g/mol. The number of hydrogen-bond donors (Lipinski definition) is 2. The molecule has 1 amide bonds. The van der Waals surface area contributed by atoms with Crippen LogP contribution in [0.1, 0.15) is 15.2 Å². The first-order valence-corrected chi connectivity index (χ1v) is 6.30. The van der Waals surface area contributed by atoms with E-state index in [4.69, 9.17) is 5.73 Å². The molecule has 3 N–H and O–H groups in total. The van der Waals surface area contributed by atoms with Crippen LogP contribution in [0.4, 0.5) is 11.4 Å². The van der Waals surface area contributed by atoms with Gasteiger partial charge in [0, 0.05) is 34.6 Å². The van der Waals surface area contributed by atoms with E-state index in [1.54, 1.807) is 23.6 Å². The van der Waals surface area contributed by atoms with Crippen molar-refractivity contribution in [2.45, 2.75) is 6.54 Å². The fourth-order valence-electron chi connectivity index (χ4n) is 1.52. The second-order valence-corrected chi connectivity index (χ2v) is 4.82. The predicted octanol–water partition coefficient (Wildman–Crippen LogP) is 2.37. The minimum atomic E-state index is -0.460. The molecular weight excluding hydrogens is 266 g/mol. The minimum absolute atomic E-state index is 0.0361. The number of nitrogens with zero attached hydrogens (tertiary/aromatic N) is 1. The molecule has 2 aromatic rings. The number of rotatable bonds is 5. The van der Waals surface area contributed by atoms with E-state index >= 15 is 0 Å². The Morgan fingerprint density at radius 2 is 2.21 bits per heavy atom. The lowest BCUT2D eigenvalue weighted by molar-refractivity contribution is -0.384. The van der Waals surface area contributed by atoms with Crippen molar-refractivity contribution in [3.63, 3.8) is 0 Å². The summed E-state index contributed by atoms with van der Waals surface area (Å²) in [5.41, 5.74) is 6.32. The summed E-state index contributed by atoms with van der Waals surface area (Å²) in [5, 5.41) is 15.4. The molecule has 0 aliphatic heterocycles. The van der Waals surface area contributed by atoms with Gasteiger partial charge >= 0.3 is 0 Å². The number of thiophene rings is 1. The van der Waals surface area contributed by atoms with E-state index in [1.165, 1.54) is 23.5 Å². The van der Waals surface area contributed by atoms with E-state index in [9.17, 15) is 14.9 Å². The Labute approximate surface area is 113 Å². The van der Waals surface area contributed by atoms with Gasteiger partial charge < -0.3 is 11.1 Å². The Morgan fingerprint density at radius 3 is 2.84 bits per heavy atom. The van der Waals surface area contributed by atoms with Gasteiger partial charge in [0.1, 0.15) is 0 Å². The average Bonchev–Trinajstić information content (AvgIpc) is 2.85. The highest BCUT2D eigenvalue weighted by Crippen LogP contribution is 2.20. The fourth-order valence-corrected chi connectivity index (χ4v) is 2.33. The summed E-state index contributed by atoms with van der Waals surface area (Å²) in [6.45, 7) is 0.485. The van der Waals surface area contributed by atoms with Crippen LogP contribution in [0.2, 0.25) is 0 Å². The molecule has 0 saturated carbocycles. The number of amides is 1. The summed E-state index contributed by atoms with van der Waals surface area (Å²) in [7, 11) is 0. The van der Waals surface area contributed by atoms with E-state index in [0.29, 0.717) is 17.8 Å². The number of hydrogen-bond acceptors (Lipinski definition) is 5. The molecule has 1 aromatic heterocycles. The molecule has 98 valence electrons. The van der Waals surface area contributed by atoms with Crippen LogP contribution >= 0.6 is 11.3 Å². The molecule has 0 atom stereocenters. The standard InChI is InChI=1S/C12H11N3O3S/c13-12(16)8-4-11(19-7-8)6-14-9-2-1-3-10(5-9)15(17)18/h1-5,7,14H,6H2,(H2,13,16). The van der Waals surface area contributed by atoms with Gasteiger partial charge in [-0.15, -0.1) is 11.3 Å². The maximum absolute atomic E-state index is 10.9. The third kappa shape index (κ3) is 3.29. The lowest BCUT2D eigenvalue weighted by Crippen LogP contribution is -2.09. The van der Waals surface area contributed by atoms with Crippen LogP contribution < -0.4 is 11.1 Å². The molecule has 0 bridgehead atoms. The van der Waals surface area contributed by atoms with Crippen LogP contribution in [0.3, 0.4) is 0 Å². The first kappa shape index (κ1) is 13.0. The molecular formula is C12H11N3O3S. The minimum Gasteiger partial charge on any atom is -0.380 e. The molecule has 7 heteroatoms. The number of nitro groups is 1. The molecule has 0 aliphatic rings. The summed E-state index contributed by atoms with van der Waals surface area (Å²) in [5.74, 6) is -0.460. The Morgan fingerprint density at radius 1 is 1.42 bits per heavy atom. The number of nitro benzene ring substituents is 1. The maximum atomic E-state index is 10.9. The van der Waals surface area contributed by atoms with Crippen LogP contribution in [-0.4, -0.2) is 10.8 Å². The van der Waals surface area contributed by atoms with Gasteiger partial charge in [0.2, 0.25) is 5.91 Å². The van der Waals surface area contributed by atoms with Crippen LogP contribution in [-0.2, 0) is 6.54 Å². The van der Waals surface area contributed by atoms with Crippen LogP contribution in [0, 0.1) is 10.1 Å². The number of benzene rings is 1. The summed E-state index contributed by atoms with van der Waals surface area (Å²) < 4.78 is 0. The van der Waals surface area contributed by atoms with Gasteiger partial charge in [0.15, 0.2) is 0 Å². The zero-order valence-corrected chi connectivity index (χ0v) is 10.6. The number of nitrogens with one attached hydrogen (secondary N) is 1. The zero-order valence-electron chi connectivity index (χ0n) is 9.83. The lowest BCUT2D eigenvalue weighted by atomic mass is 10.2. The summed E-state index contributed by atoms with van der Waals surface area (Å²) >= 11 is 1.41. The van der Waals surface area contributed by atoms with Gasteiger partial charge in [0.25, 0.3) is 5.69 Å². The molecule has 19 heavy (non-hydrogen) atoms. The van der Waals surface area contributed by atoms with Gasteiger partial charge in [-0.2, -0.15) is 0 Å². The van der Waals surface area contributed by atoms with Crippen molar-refractivity contribution in [1.82, 2.24) is 0 Å². The lowest BCUT2D eigenvalue weighted by Gasteiger charge is -2.04. The molecule has 0 saturated heterocycles. The highest BCUT2D eigenvalue weighted by atomic mass is 32.1. The first-order valence-electron chi connectivity index (χ1n) is 5.42. The van der Waals surface area contributed by atoms with Crippen LogP contribution in [0.25, 0.3) is 0 Å². The SMILES string of the molecule is NC(=O)c1csc(CNc2cccc([N+](=O)[O-])c2)c1. The Balaban J connectivity index is 2.03. The first-order chi connectivity index (χ1) is 9.06. The molecule has 0 aliphatic carbocycles. The normalized spacial score (nSPS) is 10.1. The number of anilines is 1. The summed E-state index contributed by atoms with van der Waals surface area (Å²) in [6, 6.07) is 7.96. The van der Waals surface area contributed by atoms with Gasteiger partial charge in [-0.3, -0.25) is 14.9 Å². The van der Waals surface area contributed by atoms with Crippen molar-refractivity contribution in [2.75, 3.05) is 5.32 Å². The summed E-state index contributed by atoms with van der Waals surface area (Å²) in [6.07, 6.45) is 0. The molecule has 0 fully saturated rings. The number of carbonyl (C=O) groups is 1. The largest absolute Gasteiger partial charge is 0.380 e. The van der Waals surface area contributed by atoms with Crippen molar-refractivity contribution in [3.05, 3.63) is 56.3 Å². The number of nitrogens with two attached hydrogens (primary N) is 1. The predicted molar refractivity (Wildman–Crippen MR) is 73.3 cm³/mol. The fraction of sp³-hybridized carbons (Fsp3) is 0.0833. The van der Waals surface area contributed by atoms with Crippen molar-refractivity contribution in [2.24, 2.45) is 5.73 Å². The van der Waals surface area contributed by atoms with Crippen molar-refractivity contribution in [3.8, 4) is 0 Å². The third-order valence-corrected chi connectivity index (χ3v) is 3.40. The van der Waals surface area contributed by atoms with E-state index in [1.807, 2.05) is 0 Å². The highest BCUT2D eigenvalue weighted by molar-refractivity contribution is 7.10. The van der Waals surface area contributed by atoms with Crippen LogP contribution in [0.15, 0.2) is 35.7 Å². The summed E-state index contributed by atoms with van der Waals surface area (Å²) in [4.78, 5) is 22.1. The number of primary amides is 1. The number of carbonyl (C=O) groups excluding carboxylic acids is 1. The van der Waals surface area contributed by atoms with Crippen molar-refractivity contribution in [1.29, 1.82) is 0 Å². The Kier molecular flexibility index (Phi) is 3.76. The maximum Gasteiger partial charge on any atom is 0.271 e. The topological polar surface area (TPSA) is 98.3 Å². The van der Waals surface area contributed by atoms with Gasteiger partial charge in [-0.1, -0.05) is 6.07 Å². The second-order valence-electron chi connectivity index (χ2n) is 3.83. The van der Waals surface area contributed by atoms with E-state index in [2.05, 4.69) is 5.32 Å². The van der Waals surface area contributed by atoms with E-state index < -0.39 is 10.8 Å². The Hall–Kier alpha value is -2.41. The van der Waals surface area contributed by atoms with Gasteiger partial charge in [-0.05, 0) is 12.1 Å². The van der Waals surface area contributed by atoms with Crippen LogP contribution in [0.5, 0.6) is 0 Å². The Bertz CT molecular complexity index is 624. The second kappa shape index (κ2) is 5.49. The quantitative estimate of drug-likeness (QED) is 0.647. The molecule has 1 heterocycles. The van der Waals surface area contributed by atoms with Gasteiger partial charge in [-0.25, -0.2) is 0 Å². The van der Waals surface area contributed by atoms with Gasteiger partial charge in [0.05, 0.1) is 10.5 Å². The smallest absolute Gasteiger partial charge is 0.271 e. The third-order valence-electron chi connectivity index (χ3n) is 2.46. The van der Waals surface area contributed by atoms with Crippen molar-refractivity contribution < 1.29 is 9.72 Å². The molecule has 0 spiro atoms. The zero-order chi connectivity index (χ0) is 13.8. The molecule has 1 aromatic carbocycles. The van der Waals surface area contributed by atoms with E-state index in [-0.39, 0.29) is 5.69 Å². The van der Waals surface area contributed by atoms with Crippen molar-refractivity contribution >= 4 is 28.6 Å². The highest BCUT2D eigenvalue weighted by Gasteiger charge is 2.07. The molecule has 0 radical (unpaired) electrons. The molecule has 2 rings (SSSR count). The van der Waals surface area contributed by atoms with E-state index in [0.717, 1.165) is 4.88 Å². The molecule has 0 unspecified atom stereocenters. The monoisotopic (exact) mass is 277 g/mol. The number of non-ortho nitro benzene ring substituents is 1. The molecule has 6 nitrogen and oxygen atoms in total.